The smallest absolute Gasteiger partial charge is 0.179 e. The molecule has 5 nitrogen and oxygen atoms in total. The van der Waals surface area contributed by atoms with E-state index >= 15 is 0 Å². The first kappa shape index (κ1) is 16.4. The summed E-state index contributed by atoms with van der Waals surface area (Å²) in [6.45, 7) is 4.19. The van der Waals surface area contributed by atoms with Crippen molar-refractivity contribution in [1.82, 2.24) is 10.2 Å². The number of nitrogens with zero attached hydrogens (tertiary/aromatic N) is 1. The minimum atomic E-state index is 0.225. The van der Waals surface area contributed by atoms with Crippen molar-refractivity contribution in [3.8, 4) is 11.5 Å². The molecule has 1 atom stereocenters. The molecule has 21 heavy (non-hydrogen) atoms. The SMILES string of the molecule is CNCC1CN(Cc2ccc(OC)c(OC)c2Cl)CCO1. The third kappa shape index (κ3) is 4.01. The molecule has 1 N–H and O–H groups in total. The number of benzene rings is 1. The van der Waals surface area contributed by atoms with Crippen LogP contribution in [0.1, 0.15) is 5.56 Å². The maximum Gasteiger partial charge on any atom is 0.179 e. The molecule has 1 aromatic carbocycles. The number of nitrogens with one attached hydrogen (secondary N) is 1. The molecule has 1 aliphatic rings. The summed E-state index contributed by atoms with van der Waals surface area (Å²) in [7, 11) is 5.15. The van der Waals surface area contributed by atoms with Gasteiger partial charge in [-0.2, -0.15) is 0 Å². The van der Waals surface area contributed by atoms with Gasteiger partial charge in [0.1, 0.15) is 0 Å². The Balaban J connectivity index is 2.09. The van der Waals surface area contributed by atoms with Crippen LogP contribution in [0.4, 0.5) is 0 Å². The van der Waals surface area contributed by atoms with E-state index in [9.17, 15) is 0 Å². The Morgan fingerprint density at radius 1 is 1.38 bits per heavy atom. The maximum absolute atomic E-state index is 6.43. The number of rotatable bonds is 6. The number of ether oxygens (including phenoxy) is 3. The Hall–Kier alpha value is -1.01. The van der Waals surface area contributed by atoms with E-state index in [2.05, 4.69) is 10.2 Å². The van der Waals surface area contributed by atoms with Gasteiger partial charge in [0, 0.05) is 26.2 Å². The van der Waals surface area contributed by atoms with Gasteiger partial charge in [-0.3, -0.25) is 4.90 Å². The number of likely N-dealkylation sites (N-methyl/N-ethyl adjacent to an activating group) is 1. The molecule has 1 aromatic rings. The summed E-state index contributed by atoms with van der Waals surface area (Å²) in [6.07, 6.45) is 0.225. The summed E-state index contributed by atoms with van der Waals surface area (Å²) in [6, 6.07) is 3.89. The van der Waals surface area contributed by atoms with Crippen LogP contribution in [-0.2, 0) is 11.3 Å². The fourth-order valence-corrected chi connectivity index (χ4v) is 2.86. The third-order valence-corrected chi connectivity index (χ3v) is 4.03. The molecule has 1 unspecified atom stereocenters. The summed E-state index contributed by atoms with van der Waals surface area (Å²) in [5.74, 6) is 1.25. The molecule has 1 heterocycles. The van der Waals surface area contributed by atoms with Crippen molar-refractivity contribution < 1.29 is 14.2 Å². The van der Waals surface area contributed by atoms with E-state index in [-0.39, 0.29) is 6.10 Å². The van der Waals surface area contributed by atoms with Gasteiger partial charge in [-0.1, -0.05) is 17.7 Å². The highest BCUT2D eigenvalue weighted by Gasteiger charge is 2.22. The van der Waals surface area contributed by atoms with E-state index in [4.69, 9.17) is 25.8 Å². The molecular formula is C15H23ClN2O3. The van der Waals surface area contributed by atoms with Gasteiger partial charge in [-0.25, -0.2) is 0 Å². The van der Waals surface area contributed by atoms with Crippen LogP contribution in [0.3, 0.4) is 0 Å². The summed E-state index contributed by atoms with van der Waals surface area (Å²) in [5, 5.41) is 3.77. The lowest BCUT2D eigenvalue weighted by molar-refractivity contribution is -0.0291. The van der Waals surface area contributed by atoms with Crippen LogP contribution in [0.15, 0.2) is 12.1 Å². The van der Waals surface area contributed by atoms with Gasteiger partial charge >= 0.3 is 0 Å². The lowest BCUT2D eigenvalue weighted by Crippen LogP contribution is -2.45. The van der Waals surface area contributed by atoms with Crippen molar-refractivity contribution in [2.45, 2.75) is 12.6 Å². The number of hydrogen-bond donors (Lipinski definition) is 1. The number of methoxy groups -OCH3 is 2. The molecule has 1 saturated heterocycles. The summed E-state index contributed by atoms with van der Waals surface area (Å²) < 4.78 is 16.3. The molecule has 0 aliphatic carbocycles. The van der Waals surface area contributed by atoms with Crippen molar-refractivity contribution in [3.05, 3.63) is 22.7 Å². The fourth-order valence-electron chi connectivity index (χ4n) is 2.57. The first-order chi connectivity index (χ1) is 10.2. The van der Waals surface area contributed by atoms with Gasteiger partial charge in [0.15, 0.2) is 11.5 Å². The Morgan fingerprint density at radius 3 is 2.86 bits per heavy atom. The Bertz CT molecular complexity index is 468. The Labute approximate surface area is 131 Å². The van der Waals surface area contributed by atoms with Gasteiger partial charge in [0.05, 0.1) is 32.0 Å². The molecule has 1 fully saturated rings. The predicted octanol–water partition coefficient (Wildman–Crippen LogP) is 1.78. The Morgan fingerprint density at radius 2 is 2.19 bits per heavy atom. The van der Waals surface area contributed by atoms with E-state index in [1.807, 2.05) is 19.2 Å². The zero-order valence-electron chi connectivity index (χ0n) is 12.8. The summed E-state index contributed by atoms with van der Waals surface area (Å²) in [5.41, 5.74) is 1.04. The van der Waals surface area contributed by atoms with Gasteiger partial charge in [-0.15, -0.1) is 0 Å². The lowest BCUT2D eigenvalue weighted by atomic mass is 10.1. The standard InChI is InChI=1S/C15H23ClN2O3/c1-17-8-12-10-18(6-7-21-12)9-11-4-5-13(19-2)15(20-3)14(11)16/h4-5,12,17H,6-10H2,1-3H3. The molecule has 0 aromatic heterocycles. The summed E-state index contributed by atoms with van der Waals surface area (Å²) >= 11 is 6.43. The zero-order chi connectivity index (χ0) is 15.2. The van der Waals surface area contributed by atoms with Gasteiger partial charge in [0.25, 0.3) is 0 Å². The average Bonchev–Trinajstić information content (AvgIpc) is 2.50. The topological polar surface area (TPSA) is 43.0 Å². The van der Waals surface area contributed by atoms with E-state index < -0.39 is 0 Å². The second-order valence-electron chi connectivity index (χ2n) is 5.06. The molecule has 1 aliphatic heterocycles. The first-order valence-corrected chi connectivity index (χ1v) is 7.45. The third-order valence-electron chi connectivity index (χ3n) is 3.61. The van der Waals surface area contributed by atoms with Gasteiger partial charge in [0.2, 0.25) is 0 Å². The first-order valence-electron chi connectivity index (χ1n) is 7.07. The number of morpholine rings is 1. The van der Waals surface area contributed by atoms with Crippen LogP contribution < -0.4 is 14.8 Å². The number of hydrogen-bond acceptors (Lipinski definition) is 5. The van der Waals surface area contributed by atoms with Crippen LogP contribution >= 0.6 is 11.6 Å². The van der Waals surface area contributed by atoms with Crippen LogP contribution in [0.5, 0.6) is 11.5 Å². The molecule has 0 amide bonds. The van der Waals surface area contributed by atoms with E-state index in [0.29, 0.717) is 16.5 Å². The molecule has 0 radical (unpaired) electrons. The van der Waals surface area contributed by atoms with Crippen molar-refractivity contribution in [2.75, 3.05) is 47.5 Å². The average molecular weight is 315 g/mol. The highest BCUT2D eigenvalue weighted by atomic mass is 35.5. The molecule has 0 spiro atoms. The largest absolute Gasteiger partial charge is 0.493 e. The molecule has 6 heteroatoms. The quantitative estimate of drug-likeness (QED) is 0.867. The molecular weight excluding hydrogens is 292 g/mol. The maximum atomic E-state index is 6.43. The van der Waals surface area contributed by atoms with Crippen LogP contribution in [0.2, 0.25) is 5.02 Å². The zero-order valence-corrected chi connectivity index (χ0v) is 13.6. The number of halogens is 1. The second kappa shape index (κ2) is 7.84. The minimum Gasteiger partial charge on any atom is -0.493 e. The van der Waals surface area contributed by atoms with E-state index in [1.165, 1.54) is 0 Å². The van der Waals surface area contributed by atoms with Crippen molar-refractivity contribution in [2.24, 2.45) is 0 Å². The van der Waals surface area contributed by atoms with Crippen LogP contribution in [-0.4, -0.2) is 58.5 Å². The van der Waals surface area contributed by atoms with Crippen LogP contribution in [0, 0.1) is 0 Å². The van der Waals surface area contributed by atoms with Crippen LogP contribution in [0.25, 0.3) is 0 Å². The van der Waals surface area contributed by atoms with E-state index in [0.717, 1.165) is 38.3 Å². The van der Waals surface area contributed by atoms with Gasteiger partial charge < -0.3 is 19.5 Å². The van der Waals surface area contributed by atoms with E-state index in [1.54, 1.807) is 14.2 Å². The predicted molar refractivity (Wildman–Crippen MR) is 83.5 cm³/mol. The fraction of sp³-hybridized carbons (Fsp3) is 0.600. The Kier molecular flexibility index (Phi) is 6.11. The van der Waals surface area contributed by atoms with Crippen molar-refractivity contribution in [1.29, 1.82) is 0 Å². The van der Waals surface area contributed by atoms with Gasteiger partial charge in [-0.05, 0) is 18.7 Å². The molecule has 2 rings (SSSR count). The van der Waals surface area contributed by atoms with Crippen molar-refractivity contribution >= 4 is 11.6 Å². The van der Waals surface area contributed by atoms with Crippen molar-refractivity contribution in [3.63, 3.8) is 0 Å². The highest BCUT2D eigenvalue weighted by Crippen LogP contribution is 2.37. The molecule has 118 valence electrons. The molecule has 0 saturated carbocycles. The normalized spacial score (nSPS) is 19.5. The summed E-state index contributed by atoms with van der Waals surface area (Å²) in [4.78, 5) is 2.35. The monoisotopic (exact) mass is 314 g/mol. The molecule has 0 bridgehead atoms. The minimum absolute atomic E-state index is 0.225. The second-order valence-corrected chi connectivity index (χ2v) is 5.44. The lowest BCUT2D eigenvalue weighted by Gasteiger charge is -2.33. The highest BCUT2D eigenvalue weighted by molar-refractivity contribution is 6.33.